The second kappa shape index (κ2) is 8.42. The maximum atomic E-state index is 13.9. The molecule has 0 aliphatic carbocycles. The second-order valence-electron chi connectivity index (χ2n) is 9.11. The molecule has 4 amide bonds. The number of carbonyl (C=O) groups excluding carboxylic acids is 4. The molecular formula is C30H22N2O4S. The summed E-state index contributed by atoms with van der Waals surface area (Å²) >= 11 is 4.28. The van der Waals surface area contributed by atoms with Crippen molar-refractivity contribution >= 4 is 58.4 Å². The molecule has 6 nitrogen and oxygen atoms in total. The Kier molecular flexibility index (Phi) is 5.28. The number of hydrogen-bond donors (Lipinski definition) is 1. The van der Waals surface area contributed by atoms with Crippen molar-refractivity contribution in [1.29, 1.82) is 0 Å². The van der Waals surface area contributed by atoms with E-state index in [2.05, 4.69) is 12.6 Å². The number of aryl methyl sites for hydroxylation is 2. The first kappa shape index (κ1) is 23.2. The first-order chi connectivity index (χ1) is 17.9. The van der Waals surface area contributed by atoms with E-state index in [-0.39, 0.29) is 11.1 Å². The minimum Gasteiger partial charge on any atom is -0.268 e. The Bertz CT molecular complexity index is 1600. The Balaban J connectivity index is 1.56. The summed E-state index contributed by atoms with van der Waals surface area (Å²) in [6.07, 6.45) is 1.32. The van der Waals surface area contributed by atoms with Gasteiger partial charge in [0, 0.05) is 37.9 Å². The summed E-state index contributed by atoms with van der Waals surface area (Å²) in [7, 11) is 0. The smallest absolute Gasteiger partial charge is 0.266 e. The molecule has 6 rings (SSSR count). The Morgan fingerprint density at radius 2 is 0.973 bits per heavy atom. The topological polar surface area (TPSA) is 74.8 Å². The first-order valence-electron chi connectivity index (χ1n) is 12.1. The highest BCUT2D eigenvalue weighted by atomic mass is 32.1. The van der Waals surface area contributed by atoms with Gasteiger partial charge in [-0.05, 0) is 72.5 Å². The molecule has 0 bridgehead atoms. The molecule has 0 unspecified atom stereocenters. The maximum absolute atomic E-state index is 13.9. The van der Waals surface area contributed by atoms with E-state index < -0.39 is 23.6 Å². The molecule has 2 aliphatic rings. The van der Waals surface area contributed by atoms with E-state index >= 15 is 0 Å². The molecule has 37 heavy (non-hydrogen) atoms. The van der Waals surface area contributed by atoms with Crippen molar-refractivity contribution in [2.75, 3.05) is 9.80 Å². The highest BCUT2D eigenvalue weighted by Crippen LogP contribution is 2.41. The van der Waals surface area contributed by atoms with Crippen molar-refractivity contribution in [2.24, 2.45) is 0 Å². The maximum Gasteiger partial charge on any atom is 0.266 e. The van der Waals surface area contributed by atoms with Crippen molar-refractivity contribution in [2.45, 2.75) is 31.6 Å². The number of nitrogens with zero attached hydrogens (tertiary/aromatic N) is 2. The van der Waals surface area contributed by atoms with Crippen molar-refractivity contribution in [3.05, 3.63) is 100 Å². The third-order valence-corrected chi connectivity index (χ3v) is 7.49. The number of amides is 4. The summed E-state index contributed by atoms with van der Waals surface area (Å²) in [5.74, 6) is -1.91. The van der Waals surface area contributed by atoms with Crippen LogP contribution >= 0.6 is 12.6 Å². The van der Waals surface area contributed by atoms with E-state index in [0.29, 0.717) is 51.0 Å². The summed E-state index contributed by atoms with van der Waals surface area (Å²) < 4.78 is 0. The number of benzene rings is 4. The molecule has 7 heteroatoms. The van der Waals surface area contributed by atoms with Crippen LogP contribution in [0, 0.1) is 0 Å². The largest absolute Gasteiger partial charge is 0.268 e. The van der Waals surface area contributed by atoms with Gasteiger partial charge in [0.2, 0.25) is 0 Å². The third-order valence-electron chi connectivity index (χ3n) is 7.19. The zero-order valence-electron chi connectivity index (χ0n) is 20.2. The lowest BCUT2D eigenvalue weighted by Crippen LogP contribution is -2.44. The lowest BCUT2D eigenvalue weighted by Gasteiger charge is -2.33. The van der Waals surface area contributed by atoms with Crippen LogP contribution in [-0.2, 0) is 12.8 Å². The van der Waals surface area contributed by atoms with Gasteiger partial charge in [-0.2, -0.15) is 0 Å². The fraction of sp³-hybridized carbons (Fsp3) is 0.133. The number of anilines is 2. The lowest BCUT2D eigenvalue weighted by molar-refractivity contribution is 0.0872. The van der Waals surface area contributed by atoms with E-state index in [1.165, 1.54) is 4.90 Å². The van der Waals surface area contributed by atoms with Crippen LogP contribution < -0.4 is 9.80 Å². The monoisotopic (exact) mass is 506 g/mol. The van der Waals surface area contributed by atoms with Crippen LogP contribution in [-0.4, -0.2) is 23.6 Å². The van der Waals surface area contributed by atoms with Gasteiger partial charge in [0.15, 0.2) is 0 Å². The Morgan fingerprint density at radius 1 is 0.568 bits per heavy atom. The lowest BCUT2D eigenvalue weighted by atomic mass is 9.85. The number of imide groups is 2. The number of para-hydroxylation sites is 1. The van der Waals surface area contributed by atoms with Crippen molar-refractivity contribution < 1.29 is 19.2 Å². The highest BCUT2D eigenvalue weighted by molar-refractivity contribution is 7.80. The van der Waals surface area contributed by atoms with Crippen molar-refractivity contribution in [3.63, 3.8) is 0 Å². The highest BCUT2D eigenvalue weighted by Gasteiger charge is 2.41. The number of carbonyl (C=O) groups is 4. The molecule has 0 N–H and O–H groups in total. The molecule has 0 fully saturated rings. The fourth-order valence-corrected chi connectivity index (χ4v) is 5.57. The van der Waals surface area contributed by atoms with Gasteiger partial charge in [0.25, 0.3) is 23.6 Å². The summed E-state index contributed by atoms with van der Waals surface area (Å²) in [6.45, 7) is 3.98. The van der Waals surface area contributed by atoms with Gasteiger partial charge in [-0.25, -0.2) is 9.80 Å². The number of hydrogen-bond acceptors (Lipinski definition) is 5. The van der Waals surface area contributed by atoms with E-state index in [4.69, 9.17) is 0 Å². The van der Waals surface area contributed by atoms with Gasteiger partial charge in [0.05, 0.1) is 11.4 Å². The van der Waals surface area contributed by atoms with Gasteiger partial charge < -0.3 is 0 Å². The summed E-state index contributed by atoms with van der Waals surface area (Å²) in [5.41, 5.74) is 4.02. The molecule has 0 saturated carbocycles. The molecule has 0 radical (unpaired) electrons. The average molecular weight is 507 g/mol. The molecule has 0 saturated heterocycles. The van der Waals surface area contributed by atoms with Crippen LogP contribution in [0.1, 0.15) is 66.4 Å². The van der Waals surface area contributed by atoms with Crippen LogP contribution in [0.5, 0.6) is 0 Å². The van der Waals surface area contributed by atoms with Gasteiger partial charge in [-0.3, -0.25) is 19.2 Å². The van der Waals surface area contributed by atoms with Crippen molar-refractivity contribution in [3.8, 4) is 0 Å². The molecule has 2 heterocycles. The van der Waals surface area contributed by atoms with Crippen LogP contribution in [0.15, 0.2) is 71.6 Å². The minimum absolute atomic E-state index is 0.280. The predicted molar refractivity (Wildman–Crippen MR) is 145 cm³/mol. The summed E-state index contributed by atoms with van der Waals surface area (Å²) in [5, 5.41) is 0.716. The van der Waals surface area contributed by atoms with Crippen LogP contribution in [0.2, 0.25) is 0 Å². The van der Waals surface area contributed by atoms with Gasteiger partial charge in [-0.1, -0.05) is 32.0 Å². The average Bonchev–Trinajstić information content (AvgIpc) is 2.91. The second-order valence-corrected chi connectivity index (χ2v) is 9.63. The third kappa shape index (κ3) is 3.20. The van der Waals surface area contributed by atoms with E-state index in [1.807, 2.05) is 32.0 Å². The van der Waals surface area contributed by atoms with Crippen molar-refractivity contribution in [1.82, 2.24) is 0 Å². The molecule has 0 spiro atoms. The Labute approximate surface area is 218 Å². The molecule has 4 aromatic carbocycles. The number of thiol groups is 1. The van der Waals surface area contributed by atoms with Gasteiger partial charge in [0.1, 0.15) is 0 Å². The van der Waals surface area contributed by atoms with Crippen LogP contribution in [0.4, 0.5) is 11.4 Å². The molecule has 2 aliphatic heterocycles. The van der Waals surface area contributed by atoms with Crippen LogP contribution in [0.3, 0.4) is 0 Å². The van der Waals surface area contributed by atoms with Gasteiger partial charge in [-0.15, -0.1) is 12.6 Å². The quantitative estimate of drug-likeness (QED) is 0.278. The molecule has 0 atom stereocenters. The fourth-order valence-electron chi connectivity index (χ4n) is 5.42. The Morgan fingerprint density at radius 3 is 1.38 bits per heavy atom. The zero-order chi connectivity index (χ0) is 26.0. The number of rotatable bonds is 4. The first-order valence-corrected chi connectivity index (χ1v) is 12.6. The van der Waals surface area contributed by atoms with E-state index in [1.54, 1.807) is 48.5 Å². The Hall–Kier alpha value is -4.23. The summed E-state index contributed by atoms with van der Waals surface area (Å²) in [4.78, 5) is 57.9. The standard InChI is InChI=1S/C30H22N2O4S/c1-3-16-6-5-7-17(4-2)26(16)32-29(35)22-14-12-20-24-21(13-15-23(25(22)24)30(32)36)28(34)31(27(20)33)18-8-10-19(37)11-9-18/h5-15,37H,3-4H2,1-2H3. The molecule has 182 valence electrons. The SMILES string of the molecule is CCc1cccc(CC)c1N1C(=O)c2ccc3c4c(ccc(c24)C1=O)C(=O)N(c1ccc(S)cc1)C3=O. The molecule has 4 aromatic rings. The molecule has 0 aromatic heterocycles. The van der Waals surface area contributed by atoms with Gasteiger partial charge >= 0.3 is 0 Å². The van der Waals surface area contributed by atoms with E-state index in [9.17, 15) is 19.2 Å². The normalized spacial score (nSPS) is 14.7. The minimum atomic E-state index is -0.500. The van der Waals surface area contributed by atoms with E-state index in [0.717, 1.165) is 16.0 Å². The van der Waals surface area contributed by atoms with Crippen LogP contribution in [0.25, 0.3) is 10.8 Å². The predicted octanol–water partition coefficient (Wildman–Crippen LogP) is 5.85. The zero-order valence-corrected chi connectivity index (χ0v) is 21.1. The molecular weight excluding hydrogens is 484 g/mol. The summed E-state index contributed by atoms with van der Waals surface area (Å²) in [6, 6.07) is 18.9.